The lowest BCUT2D eigenvalue weighted by molar-refractivity contribution is 0.294. The topological polar surface area (TPSA) is 18.5 Å². The van der Waals surface area contributed by atoms with Gasteiger partial charge in [-0.2, -0.15) is 0 Å². The minimum Gasteiger partial charge on any atom is -0.492 e. The van der Waals surface area contributed by atoms with Gasteiger partial charge < -0.3 is 9.47 Å². The molecule has 0 N–H and O–H groups in total. The highest BCUT2D eigenvalue weighted by atomic mass is 79.9. The zero-order chi connectivity index (χ0) is 16.9. The molecule has 5 heteroatoms. The minimum absolute atomic E-state index is 0.755. The van der Waals surface area contributed by atoms with Gasteiger partial charge in [0.15, 0.2) is 0 Å². The largest absolute Gasteiger partial charge is 0.492 e. The number of ether oxygens (including phenoxy) is 2. The highest BCUT2D eigenvalue weighted by Crippen LogP contribution is 2.36. The lowest BCUT2D eigenvalue weighted by Gasteiger charge is -2.13. The van der Waals surface area contributed by atoms with Gasteiger partial charge in [0.1, 0.15) is 11.5 Å². The Hall–Kier alpha value is 0.260. The summed E-state index contributed by atoms with van der Waals surface area (Å²) in [4.78, 5) is 0. The molecule has 0 radical (unpaired) electrons. The van der Waals surface area contributed by atoms with Gasteiger partial charge in [0, 0.05) is 5.33 Å². The SMILES string of the molecule is CCCCCCOc1cc(Br)c(OCCCCCCBr)cc1Br. The number of benzene rings is 1. The summed E-state index contributed by atoms with van der Waals surface area (Å²) in [6.07, 6.45) is 9.64. The van der Waals surface area contributed by atoms with Crippen molar-refractivity contribution in [1.29, 1.82) is 0 Å². The maximum absolute atomic E-state index is 5.87. The highest BCUT2D eigenvalue weighted by Gasteiger charge is 2.09. The molecule has 0 saturated carbocycles. The Morgan fingerprint density at radius 3 is 1.70 bits per heavy atom. The summed E-state index contributed by atoms with van der Waals surface area (Å²) in [7, 11) is 0. The first-order valence-corrected chi connectivity index (χ1v) is 11.2. The molecule has 0 aliphatic heterocycles. The molecule has 0 bridgehead atoms. The lowest BCUT2D eigenvalue weighted by atomic mass is 10.2. The van der Waals surface area contributed by atoms with Crippen LogP contribution in [-0.4, -0.2) is 18.5 Å². The first-order valence-electron chi connectivity index (χ1n) is 8.49. The number of alkyl halides is 1. The van der Waals surface area contributed by atoms with Crippen LogP contribution in [0.1, 0.15) is 58.3 Å². The first kappa shape index (κ1) is 21.3. The van der Waals surface area contributed by atoms with Crippen molar-refractivity contribution in [3.8, 4) is 11.5 Å². The van der Waals surface area contributed by atoms with E-state index in [0.717, 1.165) is 51.8 Å². The molecule has 1 aromatic rings. The van der Waals surface area contributed by atoms with Crippen LogP contribution in [-0.2, 0) is 0 Å². The number of halogens is 3. The Bertz CT molecular complexity index is 439. The Morgan fingerprint density at radius 1 is 0.739 bits per heavy atom. The van der Waals surface area contributed by atoms with Crippen molar-refractivity contribution >= 4 is 47.8 Å². The Labute approximate surface area is 166 Å². The summed E-state index contributed by atoms with van der Waals surface area (Å²) in [5.41, 5.74) is 0. The summed E-state index contributed by atoms with van der Waals surface area (Å²) in [6, 6.07) is 3.98. The standard InChI is InChI=1S/C18H27Br3O2/c1-2-3-4-8-11-22-17-13-16(21)18(14-15(17)20)23-12-9-6-5-7-10-19/h13-14H,2-12H2,1H3. The van der Waals surface area contributed by atoms with Gasteiger partial charge in [-0.15, -0.1) is 0 Å². The third kappa shape index (κ3) is 9.35. The van der Waals surface area contributed by atoms with Gasteiger partial charge >= 0.3 is 0 Å². The van der Waals surface area contributed by atoms with E-state index in [1.807, 2.05) is 12.1 Å². The zero-order valence-corrected chi connectivity index (χ0v) is 18.6. The average molecular weight is 515 g/mol. The van der Waals surface area contributed by atoms with Crippen LogP contribution >= 0.6 is 47.8 Å². The van der Waals surface area contributed by atoms with Gasteiger partial charge in [0.2, 0.25) is 0 Å². The normalized spacial score (nSPS) is 10.8. The van der Waals surface area contributed by atoms with Crippen molar-refractivity contribution in [2.45, 2.75) is 58.3 Å². The van der Waals surface area contributed by atoms with Gasteiger partial charge in [0.25, 0.3) is 0 Å². The van der Waals surface area contributed by atoms with Crippen molar-refractivity contribution in [3.63, 3.8) is 0 Å². The molecule has 1 rings (SSSR count). The molecule has 132 valence electrons. The molecule has 23 heavy (non-hydrogen) atoms. The van der Waals surface area contributed by atoms with Crippen LogP contribution in [0.25, 0.3) is 0 Å². The number of rotatable bonds is 13. The maximum Gasteiger partial charge on any atom is 0.134 e. The molecule has 0 amide bonds. The fourth-order valence-corrected chi connectivity index (χ4v) is 3.44. The molecule has 0 atom stereocenters. The lowest BCUT2D eigenvalue weighted by Crippen LogP contribution is -2.01. The number of hydrogen-bond donors (Lipinski definition) is 0. The van der Waals surface area contributed by atoms with Crippen molar-refractivity contribution in [2.75, 3.05) is 18.5 Å². The molecule has 0 fully saturated rings. The van der Waals surface area contributed by atoms with E-state index in [2.05, 4.69) is 54.7 Å². The second-order valence-corrected chi connectivity index (χ2v) is 8.08. The average Bonchev–Trinajstić information content (AvgIpc) is 2.54. The predicted octanol–water partition coefficient (Wildman–Crippen LogP) is 7.50. The summed E-state index contributed by atoms with van der Waals surface area (Å²) in [5, 5.41) is 1.09. The second kappa shape index (κ2) is 13.5. The molecule has 0 aliphatic rings. The molecule has 0 aromatic heterocycles. The number of hydrogen-bond acceptors (Lipinski definition) is 2. The van der Waals surface area contributed by atoms with Crippen LogP contribution in [0, 0.1) is 0 Å². The van der Waals surface area contributed by atoms with Crippen molar-refractivity contribution in [3.05, 3.63) is 21.1 Å². The maximum atomic E-state index is 5.87. The summed E-state index contributed by atoms with van der Waals surface area (Å²) < 4.78 is 13.6. The molecule has 0 unspecified atom stereocenters. The molecule has 0 aliphatic carbocycles. The monoisotopic (exact) mass is 512 g/mol. The fraction of sp³-hybridized carbons (Fsp3) is 0.667. The van der Waals surface area contributed by atoms with E-state index in [9.17, 15) is 0 Å². The van der Waals surface area contributed by atoms with Crippen LogP contribution in [0.5, 0.6) is 11.5 Å². The second-order valence-electron chi connectivity index (χ2n) is 5.57. The third-order valence-corrected chi connectivity index (χ3v) is 5.33. The van der Waals surface area contributed by atoms with E-state index in [0.29, 0.717) is 0 Å². The van der Waals surface area contributed by atoms with Crippen molar-refractivity contribution in [2.24, 2.45) is 0 Å². The van der Waals surface area contributed by atoms with Gasteiger partial charge in [-0.25, -0.2) is 0 Å². The number of unbranched alkanes of at least 4 members (excludes halogenated alkanes) is 6. The van der Waals surface area contributed by atoms with E-state index in [-0.39, 0.29) is 0 Å². The predicted molar refractivity (Wildman–Crippen MR) is 109 cm³/mol. The van der Waals surface area contributed by atoms with Crippen LogP contribution in [0.4, 0.5) is 0 Å². The van der Waals surface area contributed by atoms with Gasteiger partial charge in [-0.05, 0) is 63.3 Å². The molecule has 0 saturated heterocycles. The Kier molecular flexibility index (Phi) is 12.5. The Balaban J connectivity index is 2.37. The van der Waals surface area contributed by atoms with Gasteiger partial charge in [-0.1, -0.05) is 55.0 Å². The van der Waals surface area contributed by atoms with Crippen LogP contribution < -0.4 is 9.47 Å². The molecule has 0 spiro atoms. The highest BCUT2D eigenvalue weighted by molar-refractivity contribution is 9.11. The van der Waals surface area contributed by atoms with E-state index >= 15 is 0 Å². The quantitative estimate of drug-likeness (QED) is 0.200. The molecule has 1 aromatic carbocycles. The summed E-state index contributed by atoms with van der Waals surface area (Å²) >= 11 is 10.6. The smallest absolute Gasteiger partial charge is 0.134 e. The molecular weight excluding hydrogens is 488 g/mol. The molecule has 2 nitrogen and oxygen atoms in total. The van der Waals surface area contributed by atoms with E-state index in [4.69, 9.17) is 9.47 Å². The molecular formula is C18H27Br3O2. The summed E-state index contributed by atoms with van der Waals surface area (Å²) in [5.74, 6) is 1.74. The zero-order valence-electron chi connectivity index (χ0n) is 13.9. The first-order chi connectivity index (χ1) is 11.2. The van der Waals surface area contributed by atoms with Gasteiger partial charge in [-0.3, -0.25) is 0 Å². The van der Waals surface area contributed by atoms with Crippen LogP contribution in [0.3, 0.4) is 0 Å². The fourth-order valence-electron chi connectivity index (χ4n) is 2.17. The van der Waals surface area contributed by atoms with E-state index in [1.54, 1.807) is 0 Å². The van der Waals surface area contributed by atoms with Crippen LogP contribution in [0.15, 0.2) is 21.1 Å². The van der Waals surface area contributed by atoms with Crippen LogP contribution in [0.2, 0.25) is 0 Å². The van der Waals surface area contributed by atoms with Crippen molar-refractivity contribution < 1.29 is 9.47 Å². The van der Waals surface area contributed by atoms with E-state index in [1.165, 1.54) is 38.5 Å². The minimum atomic E-state index is 0.755. The van der Waals surface area contributed by atoms with E-state index < -0.39 is 0 Å². The third-order valence-electron chi connectivity index (χ3n) is 3.53. The van der Waals surface area contributed by atoms with Gasteiger partial charge in [0.05, 0.1) is 22.2 Å². The Morgan fingerprint density at radius 2 is 1.22 bits per heavy atom. The summed E-state index contributed by atoms with van der Waals surface area (Å²) in [6.45, 7) is 3.73. The molecule has 0 heterocycles. The van der Waals surface area contributed by atoms with Crippen molar-refractivity contribution in [1.82, 2.24) is 0 Å².